The maximum Gasteiger partial charge on any atom is 0.416 e. The summed E-state index contributed by atoms with van der Waals surface area (Å²) in [6.07, 6.45) is -0.649. The number of alkyl halides is 3. The van der Waals surface area contributed by atoms with Crippen LogP contribution in [0.4, 0.5) is 13.2 Å². The van der Waals surface area contributed by atoms with Crippen molar-refractivity contribution in [2.45, 2.75) is 25.9 Å². The zero-order chi connectivity index (χ0) is 13.6. The first-order chi connectivity index (χ1) is 8.49. The van der Waals surface area contributed by atoms with E-state index in [-0.39, 0.29) is 0 Å². The van der Waals surface area contributed by atoms with Crippen LogP contribution in [0.3, 0.4) is 0 Å². The van der Waals surface area contributed by atoms with E-state index in [9.17, 15) is 13.2 Å². The molecule has 0 saturated heterocycles. The van der Waals surface area contributed by atoms with Gasteiger partial charge in [-0.3, -0.25) is 0 Å². The van der Waals surface area contributed by atoms with Crippen molar-refractivity contribution in [1.29, 1.82) is 0 Å². The van der Waals surface area contributed by atoms with Crippen molar-refractivity contribution in [2.75, 3.05) is 13.6 Å². The van der Waals surface area contributed by atoms with Crippen molar-refractivity contribution in [2.24, 2.45) is 0 Å². The smallest absolute Gasteiger partial charge is 0.316 e. The van der Waals surface area contributed by atoms with Crippen molar-refractivity contribution in [3.63, 3.8) is 0 Å². The normalized spacial score (nSPS) is 12.8. The topological polar surface area (TPSA) is 12.0 Å². The quantitative estimate of drug-likeness (QED) is 0.837. The molecule has 1 rings (SSSR count). The van der Waals surface area contributed by atoms with Crippen LogP contribution in [-0.2, 0) is 6.18 Å². The third-order valence-electron chi connectivity index (χ3n) is 2.63. The van der Waals surface area contributed by atoms with Gasteiger partial charge in [0, 0.05) is 6.54 Å². The van der Waals surface area contributed by atoms with E-state index < -0.39 is 11.7 Å². The molecule has 1 N–H and O–H groups in total. The molecule has 0 atom stereocenters. The van der Waals surface area contributed by atoms with E-state index in [0.29, 0.717) is 12.1 Å². The molecule has 0 aliphatic heterocycles. The number of halogens is 3. The van der Waals surface area contributed by atoms with Crippen molar-refractivity contribution in [1.82, 2.24) is 5.32 Å². The van der Waals surface area contributed by atoms with Crippen LogP contribution in [0.5, 0.6) is 0 Å². The number of likely N-dealkylation sites (N-methyl/N-ethyl adjacent to an activating group) is 1. The summed E-state index contributed by atoms with van der Waals surface area (Å²) in [7, 11) is 1.81. The van der Waals surface area contributed by atoms with Crippen LogP contribution in [0.25, 0.3) is 5.57 Å². The van der Waals surface area contributed by atoms with E-state index in [4.69, 9.17) is 0 Å². The second-order valence-corrected chi connectivity index (χ2v) is 4.12. The van der Waals surface area contributed by atoms with Crippen molar-refractivity contribution < 1.29 is 13.2 Å². The summed E-state index contributed by atoms with van der Waals surface area (Å²) in [6.45, 7) is 2.67. The lowest BCUT2D eigenvalue weighted by Crippen LogP contribution is -2.07. The van der Waals surface area contributed by atoms with Crippen LogP contribution in [0.2, 0.25) is 0 Å². The molecule has 0 spiro atoms. The minimum Gasteiger partial charge on any atom is -0.316 e. The summed E-state index contributed by atoms with van der Waals surface area (Å²) >= 11 is 0. The molecule has 0 heterocycles. The predicted molar refractivity (Wildman–Crippen MR) is 68.3 cm³/mol. The Morgan fingerprint density at radius 1 is 1.33 bits per heavy atom. The molecule has 0 aliphatic rings. The van der Waals surface area contributed by atoms with Gasteiger partial charge in [0.2, 0.25) is 0 Å². The third-order valence-corrected chi connectivity index (χ3v) is 2.63. The molecule has 0 saturated carbocycles. The van der Waals surface area contributed by atoms with E-state index >= 15 is 0 Å². The van der Waals surface area contributed by atoms with Gasteiger partial charge < -0.3 is 5.32 Å². The fourth-order valence-electron chi connectivity index (χ4n) is 1.75. The summed E-state index contributed by atoms with van der Waals surface area (Å²) in [5, 5.41) is 2.97. The second-order valence-electron chi connectivity index (χ2n) is 4.12. The first-order valence-electron chi connectivity index (χ1n) is 6.00. The Morgan fingerprint density at radius 2 is 2.06 bits per heavy atom. The highest BCUT2D eigenvalue weighted by molar-refractivity contribution is 5.66. The van der Waals surface area contributed by atoms with E-state index in [0.717, 1.165) is 24.5 Å². The minimum absolute atomic E-state index is 0.591. The van der Waals surface area contributed by atoms with Gasteiger partial charge in [0.1, 0.15) is 0 Å². The molecule has 0 unspecified atom stereocenters. The van der Waals surface area contributed by atoms with Gasteiger partial charge in [-0.1, -0.05) is 31.6 Å². The maximum absolute atomic E-state index is 12.6. The highest BCUT2D eigenvalue weighted by atomic mass is 19.4. The summed E-state index contributed by atoms with van der Waals surface area (Å²) in [6, 6.07) is 5.51. The minimum atomic E-state index is -4.28. The van der Waals surface area contributed by atoms with Crippen molar-refractivity contribution >= 4 is 5.57 Å². The zero-order valence-corrected chi connectivity index (χ0v) is 10.6. The molecule has 1 aromatic carbocycles. The molecule has 18 heavy (non-hydrogen) atoms. The molecule has 0 bridgehead atoms. The molecule has 0 aromatic heterocycles. The first-order valence-corrected chi connectivity index (χ1v) is 6.00. The standard InChI is InChI=1S/C14H18F3N/c1-3-5-11(8-9-18-2)12-6-4-7-13(10-12)14(15,16)17/h4,6-8,10,18H,3,5,9H2,1-2H3/b11-8+. The van der Waals surface area contributed by atoms with Gasteiger partial charge in [-0.25, -0.2) is 0 Å². The number of hydrogen-bond acceptors (Lipinski definition) is 1. The van der Waals surface area contributed by atoms with Gasteiger partial charge in [0.05, 0.1) is 5.56 Å². The van der Waals surface area contributed by atoms with Crippen LogP contribution in [0.15, 0.2) is 30.3 Å². The van der Waals surface area contributed by atoms with Crippen molar-refractivity contribution in [3.8, 4) is 0 Å². The van der Waals surface area contributed by atoms with E-state index in [1.54, 1.807) is 6.07 Å². The molecule has 0 aliphatic carbocycles. The number of allylic oxidation sites excluding steroid dienone is 1. The Hall–Kier alpha value is -1.29. The monoisotopic (exact) mass is 257 g/mol. The fourth-order valence-corrected chi connectivity index (χ4v) is 1.75. The molecule has 1 aromatic rings. The Balaban J connectivity index is 3.05. The van der Waals surface area contributed by atoms with Crippen LogP contribution in [0, 0.1) is 0 Å². The average Bonchev–Trinajstić information content (AvgIpc) is 2.33. The lowest BCUT2D eigenvalue weighted by Gasteiger charge is -2.11. The fraction of sp³-hybridized carbons (Fsp3) is 0.429. The Labute approximate surface area is 106 Å². The second kappa shape index (κ2) is 6.59. The highest BCUT2D eigenvalue weighted by Crippen LogP contribution is 2.31. The number of rotatable bonds is 5. The third kappa shape index (κ3) is 4.18. The van der Waals surface area contributed by atoms with E-state index in [2.05, 4.69) is 5.32 Å². The van der Waals surface area contributed by atoms with Crippen LogP contribution in [-0.4, -0.2) is 13.6 Å². The number of nitrogens with one attached hydrogen (secondary N) is 1. The SMILES string of the molecule is CCC/C(=C\CNC)c1cccc(C(F)(F)F)c1. The Morgan fingerprint density at radius 3 is 2.61 bits per heavy atom. The Bertz CT molecular complexity index is 408. The predicted octanol–water partition coefficient (Wildman–Crippen LogP) is 4.11. The van der Waals surface area contributed by atoms with Gasteiger partial charge in [-0.2, -0.15) is 13.2 Å². The number of benzene rings is 1. The summed E-state index contributed by atoms with van der Waals surface area (Å²) in [5.41, 5.74) is 1.02. The molecular weight excluding hydrogens is 239 g/mol. The first kappa shape index (κ1) is 14.8. The molecule has 0 fully saturated rings. The highest BCUT2D eigenvalue weighted by Gasteiger charge is 2.30. The lowest BCUT2D eigenvalue weighted by molar-refractivity contribution is -0.137. The molecule has 1 nitrogen and oxygen atoms in total. The average molecular weight is 257 g/mol. The molecule has 4 heteroatoms. The van der Waals surface area contributed by atoms with Gasteiger partial charge in [-0.15, -0.1) is 0 Å². The van der Waals surface area contributed by atoms with Gasteiger partial charge in [0.15, 0.2) is 0 Å². The molecule has 0 radical (unpaired) electrons. The number of hydrogen-bond donors (Lipinski definition) is 1. The maximum atomic E-state index is 12.6. The van der Waals surface area contributed by atoms with Crippen molar-refractivity contribution in [3.05, 3.63) is 41.5 Å². The largest absolute Gasteiger partial charge is 0.416 e. The molecular formula is C14H18F3N. The molecule has 0 amide bonds. The lowest BCUT2D eigenvalue weighted by atomic mass is 9.99. The summed E-state index contributed by atoms with van der Waals surface area (Å²) < 4.78 is 37.9. The van der Waals surface area contributed by atoms with E-state index in [1.807, 2.05) is 20.0 Å². The van der Waals surface area contributed by atoms with Gasteiger partial charge in [0.25, 0.3) is 0 Å². The summed E-state index contributed by atoms with van der Waals surface area (Å²) in [4.78, 5) is 0. The molecule has 100 valence electrons. The summed E-state index contributed by atoms with van der Waals surface area (Å²) in [5.74, 6) is 0. The van der Waals surface area contributed by atoms with Crippen LogP contribution < -0.4 is 5.32 Å². The van der Waals surface area contributed by atoms with Gasteiger partial charge >= 0.3 is 6.18 Å². The van der Waals surface area contributed by atoms with Gasteiger partial charge in [-0.05, 0) is 36.7 Å². The van der Waals surface area contributed by atoms with E-state index in [1.165, 1.54) is 12.1 Å². The zero-order valence-electron chi connectivity index (χ0n) is 10.6. The van der Waals surface area contributed by atoms with Crippen LogP contribution in [0.1, 0.15) is 30.9 Å². The van der Waals surface area contributed by atoms with Crippen LogP contribution >= 0.6 is 0 Å². The Kier molecular flexibility index (Phi) is 5.41.